The van der Waals surface area contributed by atoms with Crippen LogP contribution in [0, 0.1) is 5.92 Å². The number of carbonyl (C=O) groups is 1. The molecule has 1 fully saturated rings. The first kappa shape index (κ1) is 18.2. The van der Waals surface area contributed by atoms with Crippen molar-refractivity contribution in [3.63, 3.8) is 0 Å². The Kier molecular flexibility index (Phi) is 5.93. The normalized spacial score (nSPS) is 21.4. The highest BCUT2D eigenvalue weighted by Crippen LogP contribution is 2.30. The van der Waals surface area contributed by atoms with Crippen LogP contribution in [0.15, 0.2) is 54.6 Å². The summed E-state index contributed by atoms with van der Waals surface area (Å²) < 4.78 is 0. The van der Waals surface area contributed by atoms with E-state index in [1.807, 2.05) is 12.1 Å². The molecule has 1 aliphatic carbocycles. The van der Waals surface area contributed by atoms with Gasteiger partial charge < -0.3 is 4.90 Å². The summed E-state index contributed by atoms with van der Waals surface area (Å²) in [6.07, 6.45) is 4.25. The average Bonchev–Trinajstić information content (AvgIpc) is 2.63. The smallest absolute Gasteiger partial charge is 0.163 e. The van der Waals surface area contributed by atoms with Gasteiger partial charge in [-0.1, -0.05) is 54.6 Å². The molecule has 1 aliphatic heterocycles. The van der Waals surface area contributed by atoms with Gasteiger partial charge in [0, 0.05) is 18.5 Å². The van der Waals surface area contributed by atoms with Gasteiger partial charge in [0.05, 0.1) is 0 Å². The summed E-state index contributed by atoms with van der Waals surface area (Å²) in [5.41, 5.74) is 3.69. The first-order chi connectivity index (χ1) is 11.8. The summed E-state index contributed by atoms with van der Waals surface area (Å²) in [7, 11) is 0. The SMILES string of the molecule is Cl.O=C1CC(CN2CCC(c3ccccc3)CC2)Cc2ccccc21. The van der Waals surface area contributed by atoms with Gasteiger partial charge in [0.2, 0.25) is 0 Å². The van der Waals surface area contributed by atoms with Gasteiger partial charge in [0.25, 0.3) is 0 Å². The number of ketones is 1. The van der Waals surface area contributed by atoms with Crippen molar-refractivity contribution in [2.75, 3.05) is 19.6 Å². The molecule has 1 heterocycles. The van der Waals surface area contributed by atoms with Crippen LogP contribution in [0.4, 0.5) is 0 Å². The monoisotopic (exact) mass is 355 g/mol. The summed E-state index contributed by atoms with van der Waals surface area (Å²) in [4.78, 5) is 14.9. The highest BCUT2D eigenvalue weighted by atomic mass is 35.5. The van der Waals surface area contributed by atoms with Crippen molar-refractivity contribution in [2.24, 2.45) is 5.92 Å². The largest absolute Gasteiger partial charge is 0.303 e. The van der Waals surface area contributed by atoms with Crippen LogP contribution in [0.1, 0.15) is 46.7 Å². The Hall–Kier alpha value is -1.64. The molecule has 2 aliphatic rings. The Labute approximate surface area is 156 Å². The van der Waals surface area contributed by atoms with Gasteiger partial charge in [0.15, 0.2) is 5.78 Å². The van der Waals surface area contributed by atoms with Gasteiger partial charge in [-0.25, -0.2) is 0 Å². The number of carbonyl (C=O) groups excluding carboxylic acids is 1. The fourth-order valence-electron chi connectivity index (χ4n) is 4.39. The lowest BCUT2D eigenvalue weighted by molar-refractivity contribution is 0.0921. The van der Waals surface area contributed by atoms with E-state index in [1.54, 1.807) is 0 Å². The fourth-order valence-corrected chi connectivity index (χ4v) is 4.39. The van der Waals surface area contributed by atoms with Crippen molar-refractivity contribution in [1.82, 2.24) is 4.90 Å². The van der Waals surface area contributed by atoms with Gasteiger partial charge in [0.1, 0.15) is 0 Å². The molecule has 2 nitrogen and oxygen atoms in total. The van der Waals surface area contributed by atoms with Crippen LogP contribution in [0.25, 0.3) is 0 Å². The molecule has 0 aromatic heterocycles. The second kappa shape index (κ2) is 8.16. The number of fused-ring (bicyclic) bond motifs is 1. The van der Waals surface area contributed by atoms with Gasteiger partial charge in [-0.3, -0.25) is 4.79 Å². The molecular formula is C22H26ClNO. The number of hydrogen-bond acceptors (Lipinski definition) is 2. The van der Waals surface area contributed by atoms with E-state index in [2.05, 4.69) is 47.4 Å². The summed E-state index contributed by atoms with van der Waals surface area (Å²) >= 11 is 0. The molecule has 2 aromatic carbocycles. The quantitative estimate of drug-likeness (QED) is 0.793. The van der Waals surface area contributed by atoms with Crippen LogP contribution in [0.3, 0.4) is 0 Å². The molecule has 0 saturated carbocycles. The third kappa shape index (κ3) is 4.13. The van der Waals surface area contributed by atoms with Gasteiger partial charge in [-0.15, -0.1) is 12.4 Å². The summed E-state index contributed by atoms with van der Waals surface area (Å²) in [5.74, 6) is 1.53. The number of Topliss-reactive ketones (excluding diaryl/α,β-unsaturated/α-hetero) is 1. The third-order valence-electron chi connectivity index (χ3n) is 5.68. The van der Waals surface area contributed by atoms with Crippen LogP contribution in [-0.2, 0) is 6.42 Å². The van der Waals surface area contributed by atoms with Crippen LogP contribution < -0.4 is 0 Å². The predicted molar refractivity (Wildman–Crippen MR) is 105 cm³/mol. The van der Waals surface area contributed by atoms with Crippen LogP contribution in [0.5, 0.6) is 0 Å². The summed E-state index contributed by atoms with van der Waals surface area (Å²) in [6.45, 7) is 3.39. The number of nitrogens with zero attached hydrogens (tertiary/aromatic N) is 1. The zero-order valence-corrected chi connectivity index (χ0v) is 15.4. The standard InChI is InChI=1S/C22H25NO.ClH/c24-22-15-17(14-20-8-4-5-9-21(20)22)16-23-12-10-19(11-13-23)18-6-2-1-3-7-18;/h1-9,17,19H,10-16H2;1H. The molecule has 25 heavy (non-hydrogen) atoms. The molecule has 0 N–H and O–H groups in total. The van der Waals surface area contributed by atoms with Crippen molar-refractivity contribution >= 4 is 18.2 Å². The molecule has 2 aromatic rings. The fraction of sp³-hybridized carbons (Fsp3) is 0.409. The minimum Gasteiger partial charge on any atom is -0.303 e. The molecule has 0 spiro atoms. The van der Waals surface area contributed by atoms with E-state index < -0.39 is 0 Å². The molecular weight excluding hydrogens is 330 g/mol. The molecule has 132 valence electrons. The van der Waals surface area contributed by atoms with Crippen LogP contribution >= 0.6 is 12.4 Å². The lowest BCUT2D eigenvalue weighted by atomic mass is 9.82. The topological polar surface area (TPSA) is 20.3 Å². The Morgan fingerprint density at radius 3 is 2.32 bits per heavy atom. The van der Waals surface area contributed by atoms with Crippen LogP contribution in [-0.4, -0.2) is 30.3 Å². The second-order valence-electron chi connectivity index (χ2n) is 7.34. The Bertz CT molecular complexity index is 707. The summed E-state index contributed by atoms with van der Waals surface area (Å²) in [6, 6.07) is 19.1. The Balaban J connectivity index is 0.00000182. The zero-order valence-electron chi connectivity index (χ0n) is 14.6. The van der Waals surface area contributed by atoms with E-state index >= 15 is 0 Å². The lowest BCUT2D eigenvalue weighted by Gasteiger charge is -2.35. The maximum Gasteiger partial charge on any atom is 0.163 e. The number of rotatable bonds is 3. The first-order valence-corrected chi connectivity index (χ1v) is 9.18. The van der Waals surface area contributed by atoms with E-state index in [1.165, 1.54) is 24.0 Å². The summed E-state index contributed by atoms with van der Waals surface area (Å²) in [5, 5.41) is 0. The highest BCUT2D eigenvalue weighted by molar-refractivity contribution is 5.98. The van der Waals surface area contributed by atoms with E-state index in [9.17, 15) is 4.79 Å². The third-order valence-corrected chi connectivity index (χ3v) is 5.68. The Morgan fingerprint density at radius 2 is 1.56 bits per heavy atom. The van der Waals surface area contributed by atoms with Crippen molar-refractivity contribution in [2.45, 2.75) is 31.6 Å². The number of piperidine rings is 1. The molecule has 1 saturated heterocycles. The maximum absolute atomic E-state index is 12.4. The predicted octanol–water partition coefficient (Wildman–Crippen LogP) is 4.73. The highest BCUT2D eigenvalue weighted by Gasteiger charge is 2.28. The van der Waals surface area contributed by atoms with E-state index in [-0.39, 0.29) is 12.4 Å². The molecule has 0 bridgehead atoms. The zero-order chi connectivity index (χ0) is 16.4. The lowest BCUT2D eigenvalue weighted by Crippen LogP contribution is -2.38. The maximum atomic E-state index is 12.4. The van der Waals surface area contributed by atoms with Gasteiger partial charge in [-0.2, -0.15) is 0 Å². The number of benzene rings is 2. The molecule has 4 rings (SSSR count). The van der Waals surface area contributed by atoms with Crippen molar-refractivity contribution in [3.8, 4) is 0 Å². The van der Waals surface area contributed by atoms with Gasteiger partial charge in [-0.05, 0) is 55.3 Å². The van der Waals surface area contributed by atoms with E-state index in [0.29, 0.717) is 17.6 Å². The minimum atomic E-state index is 0. The van der Waals surface area contributed by atoms with Crippen molar-refractivity contribution in [1.29, 1.82) is 0 Å². The molecule has 0 radical (unpaired) electrons. The van der Waals surface area contributed by atoms with Crippen molar-refractivity contribution in [3.05, 3.63) is 71.3 Å². The molecule has 0 amide bonds. The number of halogens is 1. The van der Waals surface area contributed by atoms with E-state index in [0.717, 1.165) is 38.0 Å². The van der Waals surface area contributed by atoms with Gasteiger partial charge >= 0.3 is 0 Å². The minimum absolute atomic E-state index is 0. The number of hydrogen-bond donors (Lipinski definition) is 0. The Morgan fingerprint density at radius 1 is 0.880 bits per heavy atom. The van der Waals surface area contributed by atoms with E-state index in [4.69, 9.17) is 0 Å². The van der Waals surface area contributed by atoms with Crippen molar-refractivity contribution < 1.29 is 4.79 Å². The average molecular weight is 356 g/mol. The van der Waals surface area contributed by atoms with Crippen LogP contribution in [0.2, 0.25) is 0 Å². The second-order valence-corrected chi connectivity index (χ2v) is 7.34. The number of likely N-dealkylation sites (tertiary alicyclic amines) is 1. The first-order valence-electron chi connectivity index (χ1n) is 9.18. The molecule has 1 unspecified atom stereocenters. The molecule has 1 atom stereocenters. The molecule has 3 heteroatoms.